The van der Waals surface area contributed by atoms with Gasteiger partial charge in [-0.25, -0.2) is 17.9 Å². The van der Waals surface area contributed by atoms with Crippen LogP contribution in [0.2, 0.25) is 10.0 Å². The zero-order valence-corrected chi connectivity index (χ0v) is 12.9. The molecular formula is C11H13Cl2NO4S. The number of carbonyl (C=O) groups excluding carboxylic acids is 1. The van der Waals surface area contributed by atoms with Crippen LogP contribution < -0.4 is 4.72 Å². The quantitative estimate of drug-likeness (QED) is 0.906. The first kappa shape index (κ1) is 16.1. The van der Waals surface area contributed by atoms with Gasteiger partial charge in [-0.1, -0.05) is 23.2 Å². The number of amides is 1. The fourth-order valence-corrected chi connectivity index (χ4v) is 2.75. The van der Waals surface area contributed by atoms with E-state index in [2.05, 4.69) is 0 Å². The fraction of sp³-hybridized carbons (Fsp3) is 0.364. The Bertz CT molecular complexity index is 573. The maximum absolute atomic E-state index is 11.9. The molecule has 0 bridgehead atoms. The summed E-state index contributed by atoms with van der Waals surface area (Å²) in [5.41, 5.74) is -0.800. The van der Waals surface area contributed by atoms with Crippen molar-refractivity contribution < 1.29 is 17.9 Å². The van der Waals surface area contributed by atoms with Crippen molar-refractivity contribution in [1.82, 2.24) is 4.72 Å². The van der Waals surface area contributed by atoms with E-state index in [-0.39, 0.29) is 14.9 Å². The minimum atomic E-state index is -4.07. The van der Waals surface area contributed by atoms with Crippen LogP contribution in [0.15, 0.2) is 23.1 Å². The number of rotatable bonds is 2. The normalized spacial score (nSPS) is 12.1. The van der Waals surface area contributed by atoms with Crippen LogP contribution in [-0.4, -0.2) is 20.1 Å². The van der Waals surface area contributed by atoms with Crippen LogP contribution in [0.5, 0.6) is 0 Å². The number of benzene rings is 1. The van der Waals surface area contributed by atoms with Gasteiger partial charge in [-0.2, -0.15) is 0 Å². The summed E-state index contributed by atoms with van der Waals surface area (Å²) in [6, 6.07) is 3.75. The van der Waals surface area contributed by atoms with Gasteiger partial charge in [0.15, 0.2) is 0 Å². The molecule has 0 atom stereocenters. The summed E-state index contributed by atoms with van der Waals surface area (Å²) in [4.78, 5) is 11.2. The van der Waals surface area contributed by atoms with Crippen molar-refractivity contribution in [1.29, 1.82) is 0 Å². The van der Waals surface area contributed by atoms with Crippen LogP contribution in [0.3, 0.4) is 0 Å². The highest BCUT2D eigenvalue weighted by atomic mass is 35.5. The van der Waals surface area contributed by atoms with Crippen LogP contribution in [0, 0.1) is 0 Å². The van der Waals surface area contributed by atoms with E-state index in [1.54, 1.807) is 25.5 Å². The lowest BCUT2D eigenvalue weighted by atomic mass is 10.2. The maximum atomic E-state index is 11.9. The average Bonchev–Trinajstić information content (AvgIpc) is 2.11. The molecule has 0 saturated heterocycles. The van der Waals surface area contributed by atoms with Crippen LogP contribution in [-0.2, 0) is 14.8 Å². The molecule has 1 rings (SSSR count). The lowest BCUT2D eigenvalue weighted by Crippen LogP contribution is -2.36. The molecule has 0 fully saturated rings. The van der Waals surface area contributed by atoms with Crippen molar-refractivity contribution in [3.63, 3.8) is 0 Å². The van der Waals surface area contributed by atoms with E-state index >= 15 is 0 Å². The largest absolute Gasteiger partial charge is 0.443 e. The standard InChI is InChI=1S/C11H13Cl2NO4S/c1-11(2,3)18-10(15)14-19(16,17)9-5-7(12)4-8(13)6-9/h4-6H,1-3H3,(H,14,15). The van der Waals surface area contributed by atoms with E-state index in [4.69, 9.17) is 27.9 Å². The van der Waals surface area contributed by atoms with Crippen molar-refractivity contribution in [3.05, 3.63) is 28.2 Å². The second-order valence-electron chi connectivity index (χ2n) is 4.71. The number of halogens is 2. The third kappa shape index (κ3) is 5.26. The Kier molecular flexibility index (Phi) is 4.71. The molecule has 1 aromatic rings. The predicted molar refractivity (Wildman–Crippen MR) is 73.0 cm³/mol. The molecular weight excluding hydrogens is 313 g/mol. The summed E-state index contributed by atoms with van der Waals surface area (Å²) in [5.74, 6) is 0. The lowest BCUT2D eigenvalue weighted by Gasteiger charge is -2.19. The zero-order chi connectivity index (χ0) is 14.8. The minimum absolute atomic E-state index is 0.150. The molecule has 0 spiro atoms. The summed E-state index contributed by atoms with van der Waals surface area (Å²) in [7, 11) is -4.07. The Morgan fingerprint density at radius 3 is 2.05 bits per heavy atom. The molecule has 8 heteroatoms. The molecule has 106 valence electrons. The third-order valence-electron chi connectivity index (χ3n) is 1.76. The Hall–Kier alpha value is -0.980. The predicted octanol–water partition coefficient (Wildman–Crippen LogP) is 3.21. The zero-order valence-electron chi connectivity index (χ0n) is 10.5. The summed E-state index contributed by atoms with van der Waals surface area (Å²) in [6.07, 6.45) is -1.07. The molecule has 19 heavy (non-hydrogen) atoms. The van der Waals surface area contributed by atoms with Crippen LogP contribution in [0.25, 0.3) is 0 Å². The highest BCUT2D eigenvalue weighted by molar-refractivity contribution is 7.90. The smallest absolute Gasteiger partial charge is 0.421 e. The van der Waals surface area contributed by atoms with Gasteiger partial charge >= 0.3 is 6.09 Å². The van der Waals surface area contributed by atoms with E-state index in [1.165, 1.54) is 18.2 Å². The SMILES string of the molecule is CC(C)(C)OC(=O)NS(=O)(=O)c1cc(Cl)cc(Cl)c1. The Labute approximate surface area is 121 Å². The third-order valence-corrected chi connectivity index (χ3v) is 3.49. The first-order chi connectivity index (χ1) is 8.49. The highest BCUT2D eigenvalue weighted by Gasteiger charge is 2.23. The number of hydrogen-bond donors (Lipinski definition) is 1. The Morgan fingerprint density at radius 1 is 1.16 bits per heavy atom. The number of ether oxygens (including phenoxy) is 1. The Morgan fingerprint density at radius 2 is 1.63 bits per heavy atom. The van der Waals surface area contributed by atoms with Crippen LogP contribution in [0.4, 0.5) is 4.79 Å². The van der Waals surface area contributed by atoms with Gasteiger partial charge in [0.25, 0.3) is 10.0 Å². The Balaban J connectivity index is 2.96. The molecule has 0 unspecified atom stereocenters. The van der Waals surface area contributed by atoms with Gasteiger partial charge < -0.3 is 4.74 Å². The summed E-state index contributed by atoms with van der Waals surface area (Å²) in [5, 5.41) is 0.300. The first-order valence-electron chi connectivity index (χ1n) is 5.21. The van der Waals surface area contributed by atoms with Gasteiger partial charge in [0.2, 0.25) is 0 Å². The number of sulfonamides is 1. The minimum Gasteiger partial charge on any atom is -0.443 e. The van der Waals surface area contributed by atoms with E-state index < -0.39 is 21.7 Å². The fourth-order valence-electron chi connectivity index (χ4n) is 1.15. The van der Waals surface area contributed by atoms with Crippen molar-refractivity contribution in [2.45, 2.75) is 31.3 Å². The molecule has 0 aromatic heterocycles. The molecule has 1 amide bonds. The molecule has 0 radical (unpaired) electrons. The topological polar surface area (TPSA) is 72.5 Å². The van der Waals surface area contributed by atoms with E-state index in [1.807, 2.05) is 0 Å². The van der Waals surface area contributed by atoms with Gasteiger partial charge in [-0.15, -0.1) is 0 Å². The van der Waals surface area contributed by atoms with E-state index in [0.717, 1.165) is 0 Å². The molecule has 0 aliphatic heterocycles. The second kappa shape index (κ2) is 5.56. The monoisotopic (exact) mass is 325 g/mol. The summed E-state index contributed by atoms with van der Waals surface area (Å²) < 4.78 is 30.4. The van der Waals surface area contributed by atoms with Gasteiger partial charge in [0.05, 0.1) is 4.90 Å². The molecule has 5 nitrogen and oxygen atoms in total. The van der Waals surface area contributed by atoms with E-state index in [0.29, 0.717) is 0 Å². The van der Waals surface area contributed by atoms with Crippen molar-refractivity contribution in [3.8, 4) is 0 Å². The first-order valence-corrected chi connectivity index (χ1v) is 7.45. The second-order valence-corrected chi connectivity index (χ2v) is 7.27. The molecule has 0 aliphatic carbocycles. The van der Waals surface area contributed by atoms with Crippen molar-refractivity contribution >= 4 is 39.3 Å². The molecule has 1 N–H and O–H groups in total. The molecule has 0 saturated carbocycles. The van der Waals surface area contributed by atoms with Gasteiger partial charge in [0.1, 0.15) is 5.60 Å². The molecule has 0 heterocycles. The summed E-state index contributed by atoms with van der Waals surface area (Å²) >= 11 is 11.4. The van der Waals surface area contributed by atoms with Gasteiger partial charge in [-0.3, -0.25) is 0 Å². The molecule has 0 aliphatic rings. The van der Waals surface area contributed by atoms with Crippen LogP contribution in [0.1, 0.15) is 20.8 Å². The number of carbonyl (C=O) groups is 1. The number of nitrogens with one attached hydrogen (secondary N) is 1. The highest BCUT2D eigenvalue weighted by Crippen LogP contribution is 2.22. The summed E-state index contributed by atoms with van der Waals surface area (Å²) in [6.45, 7) is 4.86. The van der Waals surface area contributed by atoms with Gasteiger partial charge in [-0.05, 0) is 39.0 Å². The molecule has 1 aromatic carbocycles. The van der Waals surface area contributed by atoms with E-state index in [9.17, 15) is 13.2 Å². The van der Waals surface area contributed by atoms with Crippen LogP contribution >= 0.6 is 23.2 Å². The number of hydrogen-bond acceptors (Lipinski definition) is 4. The maximum Gasteiger partial charge on any atom is 0.421 e. The van der Waals surface area contributed by atoms with Gasteiger partial charge in [0, 0.05) is 10.0 Å². The van der Waals surface area contributed by atoms with Crippen molar-refractivity contribution in [2.24, 2.45) is 0 Å². The lowest BCUT2D eigenvalue weighted by molar-refractivity contribution is 0.0570. The van der Waals surface area contributed by atoms with Crippen molar-refractivity contribution in [2.75, 3.05) is 0 Å². The average molecular weight is 326 g/mol.